The summed E-state index contributed by atoms with van der Waals surface area (Å²) in [6, 6.07) is 6.97. The summed E-state index contributed by atoms with van der Waals surface area (Å²) in [6.45, 7) is 1.02. The van der Waals surface area contributed by atoms with Crippen LogP contribution in [-0.2, 0) is 19.1 Å². The van der Waals surface area contributed by atoms with Gasteiger partial charge in [-0.15, -0.1) is 5.73 Å². The Balaban J connectivity index is 1.74. The van der Waals surface area contributed by atoms with Crippen LogP contribution >= 0.6 is 0 Å². The van der Waals surface area contributed by atoms with Crippen LogP contribution in [0.25, 0.3) is 5.57 Å². The summed E-state index contributed by atoms with van der Waals surface area (Å²) >= 11 is 0. The van der Waals surface area contributed by atoms with Gasteiger partial charge in [0.1, 0.15) is 6.54 Å². The van der Waals surface area contributed by atoms with Gasteiger partial charge in [-0.3, -0.25) is 19.2 Å². The quantitative estimate of drug-likeness (QED) is 0.420. The normalized spacial score (nSPS) is 11.5. The first kappa shape index (κ1) is 20.7. The fourth-order valence-electron chi connectivity index (χ4n) is 2.29. The largest absolute Gasteiger partial charge is 0.465 e. The molecule has 1 aliphatic rings. The zero-order chi connectivity index (χ0) is 20.4. The molecule has 8 heteroatoms. The fourth-order valence-corrected chi connectivity index (χ4v) is 2.29. The molecule has 28 heavy (non-hydrogen) atoms. The zero-order valence-corrected chi connectivity index (χ0v) is 15.4. The van der Waals surface area contributed by atoms with Crippen LogP contribution < -0.4 is 16.0 Å². The number of esters is 1. The zero-order valence-electron chi connectivity index (χ0n) is 15.4. The molecule has 8 nitrogen and oxygen atoms in total. The maximum absolute atomic E-state index is 12.2. The topological polar surface area (TPSA) is 114 Å². The monoisotopic (exact) mass is 383 g/mol. The Bertz CT molecular complexity index is 866. The number of carbonyl (C=O) groups is 4. The van der Waals surface area contributed by atoms with Crippen molar-refractivity contribution in [2.24, 2.45) is 0 Å². The number of hydrogen-bond donors (Lipinski definition) is 3. The Labute approximate surface area is 162 Å². The van der Waals surface area contributed by atoms with Crippen molar-refractivity contribution in [3.8, 4) is 0 Å². The molecule has 0 spiro atoms. The van der Waals surface area contributed by atoms with Crippen molar-refractivity contribution in [1.82, 2.24) is 16.0 Å². The maximum Gasteiger partial charge on any atom is 0.325 e. The van der Waals surface area contributed by atoms with E-state index in [1.807, 2.05) is 18.2 Å². The van der Waals surface area contributed by atoms with Crippen molar-refractivity contribution in [3.05, 3.63) is 59.4 Å². The summed E-state index contributed by atoms with van der Waals surface area (Å²) in [4.78, 5) is 46.7. The van der Waals surface area contributed by atoms with Crippen LogP contribution in [0.4, 0.5) is 0 Å². The van der Waals surface area contributed by atoms with Gasteiger partial charge in [0.15, 0.2) is 0 Å². The van der Waals surface area contributed by atoms with E-state index in [0.717, 1.165) is 11.1 Å². The lowest BCUT2D eigenvalue weighted by molar-refractivity contribution is -0.143. The number of hydrogen-bond acceptors (Lipinski definition) is 5. The van der Waals surface area contributed by atoms with Crippen LogP contribution in [0.1, 0.15) is 22.8 Å². The van der Waals surface area contributed by atoms with E-state index in [0.29, 0.717) is 5.56 Å². The van der Waals surface area contributed by atoms with Gasteiger partial charge in [-0.1, -0.05) is 18.2 Å². The minimum atomic E-state index is -0.559. The molecule has 0 atom stereocenters. The molecule has 3 amide bonds. The average Bonchev–Trinajstić information content (AvgIpc) is 3.24. The Morgan fingerprint density at radius 2 is 1.71 bits per heavy atom. The van der Waals surface area contributed by atoms with Gasteiger partial charge in [-0.05, 0) is 36.8 Å². The van der Waals surface area contributed by atoms with E-state index >= 15 is 0 Å². The van der Waals surface area contributed by atoms with Gasteiger partial charge in [0.25, 0.3) is 5.91 Å². The minimum absolute atomic E-state index is 0.221. The number of allylic oxidation sites excluding steroid dienone is 3. The van der Waals surface area contributed by atoms with E-state index in [-0.39, 0.29) is 26.2 Å². The summed E-state index contributed by atoms with van der Waals surface area (Å²) in [7, 11) is 0. The molecule has 0 aromatic heterocycles. The van der Waals surface area contributed by atoms with Crippen LogP contribution in [0.3, 0.4) is 0 Å². The smallest absolute Gasteiger partial charge is 0.325 e. The number of ether oxygens (including phenoxy) is 1. The van der Waals surface area contributed by atoms with Gasteiger partial charge in [-0.25, -0.2) is 0 Å². The molecule has 1 aliphatic carbocycles. The van der Waals surface area contributed by atoms with Crippen molar-refractivity contribution in [3.63, 3.8) is 0 Å². The van der Waals surface area contributed by atoms with Crippen molar-refractivity contribution < 1.29 is 23.9 Å². The van der Waals surface area contributed by atoms with E-state index < -0.39 is 23.7 Å². The van der Waals surface area contributed by atoms with Crippen LogP contribution in [-0.4, -0.2) is 49.9 Å². The first-order chi connectivity index (χ1) is 13.5. The predicted octanol–water partition coefficient (Wildman–Crippen LogP) is 0.320. The SMILES string of the molecule is CCOC(=O)CNC(=O)CNC(=O)CNC(=O)c1cccc(C2=C=CC=C2)c1. The first-order valence-electron chi connectivity index (χ1n) is 8.70. The highest BCUT2D eigenvalue weighted by molar-refractivity contribution is 5.97. The lowest BCUT2D eigenvalue weighted by Gasteiger charge is -2.08. The van der Waals surface area contributed by atoms with Gasteiger partial charge >= 0.3 is 5.97 Å². The molecule has 0 saturated heterocycles. The molecule has 0 heterocycles. The fraction of sp³-hybridized carbons (Fsp3) is 0.250. The third-order valence-electron chi connectivity index (χ3n) is 3.62. The molecule has 1 aromatic rings. The van der Waals surface area contributed by atoms with E-state index in [2.05, 4.69) is 26.4 Å². The van der Waals surface area contributed by atoms with Crippen molar-refractivity contribution >= 4 is 29.3 Å². The van der Waals surface area contributed by atoms with Crippen LogP contribution in [0.15, 0.2) is 48.2 Å². The second kappa shape index (κ2) is 10.5. The average molecular weight is 383 g/mol. The molecule has 0 saturated carbocycles. The number of rotatable bonds is 9. The van der Waals surface area contributed by atoms with Gasteiger partial charge in [0, 0.05) is 11.1 Å². The molecule has 0 bridgehead atoms. The maximum atomic E-state index is 12.2. The number of nitrogens with one attached hydrogen (secondary N) is 3. The van der Waals surface area contributed by atoms with Crippen LogP contribution in [0.5, 0.6) is 0 Å². The highest BCUT2D eigenvalue weighted by Crippen LogP contribution is 2.18. The van der Waals surface area contributed by atoms with Crippen molar-refractivity contribution in [2.45, 2.75) is 6.92 Å². The van der Waals surface area contributed by atoms with E-state index in [1.165, 1.54) is 0 Å². The molecule has 0 unspecified atom stereocenters. The molecule has 3 N–H and O–H groups in total. The van der Waals surface area contributed by atoms with E-state index in [4.69, 9.17) is 0 Å². The molecule has 1 aromatic carbocycles. The van der Waals surface area contributed by atoms with Gasteiger partial charge < -0.3 is 20.7 Å². The molecule has 0 radical (unpaired) electrons. The van der Waals surface area contributed by atoms with E-state index in [1.54, 1.807) is 31.2 Å². The van der Waals surface area contributed by atoms with Crippen molar-refractivity contribution in [2.75, 3.05) is 26.2 Å². The predicted molar refractivity (Wildman–Crippen MR) is 102 cm³/mol. The third-order valence-corrected chi connectivity index (χ3v) is 3.62. The molecular formula is C20H21N3O5. The van der Waals surface area contributed by atoms with Gasteiger partial charge in [0.05, 0.1) is 19.7 Å². The van der Waals surface area contributed by atoms with Gasteiger partial charge in [0.2, 0.25) is 11.8 Å². The number of amides is 3. The second-order valence-corrected chi connectivity index (χ2v) is 5.71. The molecular weight excluding hydrogens is 362 g/mol. The lowest BCUT2D eigenvalue weighted by atomic mass is 10.0. The minimum Gasteiger partial charge on any atom is -0.465 e. The summed E-state index contributed by atoms with van der Waals surface area (Å²) in [5, 5.41) is 7.17. The standard InChI is InChI=1S/C20H21N3O5/c1-2-28-19(26)13-22-17(24)11-21-18(25)12-23-20(27)16-9-5-8-15(10-16)14-6-3-4-7-14/h3-6,8-10H,2,11-13H2,1H3,(H,21,25)(H,22,24)(H,23,27). The number of carbonyl (C=O) groups excluding carboxylic acids is 4. The van der Waals surface area contributed by atoms with Crippen LogP contribution in [0, 0.1) is 0 Å². The van der Waals surface area contributed by atoms with E-state index in [9.17, 15) is 19.2 Å². The molecule has 0 aliphatic heterocycles. The Hall–Kier alpha value is -3.64. The first-order valence-corrected chi connectivity index (χ1v) is 8.70. The molecule has 0 fully saturated rings. The van der Waals surface area contributed by atoms with Gasteiger partial charge in [-0.2, -0.15) is 0 Å². The highest BCUT2D eigenvalue weighted by Gasteiger charge is 2.11. The summed E-state index contributed by atoms with van der Waals surface area (Å²) in [5.41, 5.74) is 5.19. The summed E-state index contributed by atoms with van der Waals surface area (Å²) in [5.74, 6) is -2.03. The van der Waals surface area contributed by atoms with Crippen LogP contribution in [0.2, 0.25) is 0 Å². The Morgan fingerprint density at radius 3 is 2.39 bits per heavy atom. The summed E-state index contributed by atoms with van der Waals surface area (Å²) < 4.78 is 4.67. The molecule has 2 rings (SSSR count). The second-order valence-electron chi connectivity index (χ2n) is 5.71. The Morgan fingerprint density at radius 1 is 1.00 bits per heavy atom. The van der Waals surface area contributed by atoms with Crippen molar-refractivity contribution in [1.29, 1.82) is 0 Å². The lowest BCUT2D eigenvalue weighted by Crippen LogP contribution is -2.43. The highest BCUT2D eigenvalue weighted by atomic mass is 16.5. The summed E-state index contributed by atoms with van der Waals surface area (Å²) in [6.07, 6.45) is 5.53. The Kier molecular flexibility index (Phi) is 7.75. The third kappa shape index (κ3) is 6.59. The molecule has 146 valence electrons. The number of benzene rings is 1.